The second kappa shape index (κ2) is 6.08. The second-order valence-corrected chi connectivity index (χ2v) is 8.06. The van der Waals surface area contributed by atoms with Crippen LogP contribution in [0.5, 0.6) is 17.5 Å². The first-order chi connectivity index (χ1) is 12.0. The minimum Gasteiger partial charge on any atom is -0.489 e. The molecule has 2 heterocycles. The Hall–Kier alpha value is -2.43. The van der Waals surface area contributed by atoms with Gasteiger partial charge in [-0.15, -0.1) is 13.2 Å². The van der Waals surface area contributed by atoms with E-state index in [4.69, 9.17) is 9.47 Å². The number of nitrogens with zero attached hydrogens (tertiary/aromatic N) is 2. The highest BCUT2D eigenvalue weighted by Gasteiger charge is 2.39. The first-order valence-electron chi connectivity index (χ1n) is 7.38. The van der Waals surface area contributed by atoms with Gasteiger partial charge in [0.15, 0.2) is 20.5 Å². The first kappa shape index (κ1) is 18.4. The summed E-state index contributed by atoms with van der Waals surface area (Å²) in [6, 6.07) is 5.10. The zero-order valence-electron chi connectivity index (χ0n) is 13.8. The fourth-order valence-electron chi connectivity index (χ4n) is 2.50. The summed E-state index contributed by atoms with van der Waals surface area (Å²) in [6.07, 6.45) is -2.45. The molecule has 2 aromatic rings. The van der Waals surface area contributed by atoms with E-state index in [9.17, 15) is 21.6 Å². The van der Waals surface area contributed by atoms with Crippen molar-refractivity contribution in [1.82, 2.24) is 9.55 Å². The molecule has 0 radical (unpaired) electrons. The van der Waals surface area contributed by atoms with E-state index in [1.807, 2.05) is 0 Å². The average Bonchev–Trinajstić information content (AvgIpc) is 3.01. The van der Waals surface area contributed by atoms with E-state index in [1.54, 1.807) is 6.92 Å². The highest BCUT2D eigenvalue weighted by molar-refractivity contribution is 7.90. The summed E-state index contributed by atoms with van der Waals surface area (Å²) in [4.78, 5) is 3.94. The summed E-state index contributed by atoms with van der Waals surface area (Å²) in [7, 11) is -3.45. The van der Waals surface area contributed by atoms with Crippen LogP contribution in [0.2, 0.25) is 0 Å². The summed E-state index contributed by atoms with van der Waals surface area (Å²) >= 11 is 0. The monoisotopic (exact) mass is 392 g/mol. The molecule has 142 valence electrons. The van der Waals surface area contributed by atoms with Gasteiger partial charge >= 0.3 is 6.36 Å². The van der Waals surface area contributed by atoms with Crippen LogP contribution in [0.25, 0.3) is 0 Å². The minimum absolute atomic E-state index is 0.0407. The van der Waals surface area contributed by atoms with Crippen LogP contribution < -0.4 is 14.2 Å². The summed E-state index contributed by atoms with van der Waals surface area (Å²) in [5.41, 5.74) is -0.871. The van der Waals surface area contributed by atoms with Crippen LogP contribution in [0.1, 0.15) is 6.92 Å². The minimum atomic E-state index is -4.76. The molecule has 0 N–H and O–H groups in total. The number of alkyl halides is 3. The third-order valence-electron chi connectivity index (χ3n) is 3.59. The number of fused-ring (bicyclic) bond motifs is 1. The van der Waals surface area contributed by atoms with Crippen LogP contribution in [0, 0.1) is 0 Å². The number of benzene rings is 1. The molecule has 0 amide bonds. The summed E-state index contributed by atoms with van der Waals surface area (Å²) in [6.45, 7) is 1.97. The number of sulfone groups is 1. The van der Waals surface area contributed by atoms with Crippen molar-refractivity contribution in [3.63, 3.8) is 0 Å². The van der Waals surface area contributed by atoms with Gasteiger partial charge in [-0.05, 0) is 31.2 Å². The van der Waals surface area contributed by atoms with Gasteiger partial charge < -0.3 is 14.2 Å². The van der Waals surface area contributed by atoms with Crippen molar-refractivity contribution in [3.8, 4) is 17.5 Å². The molecule has 1 aromatic heterocycles. The summed E-state index contributed by atoms with van der Waals surface area (Å²) in [5, 5.41) is 0.0462. The SMILES string of the molecule is CC1(COc2ccc(OC(F)(F)F)cc2)Cn2c(S(C)(=O)=O)cnc2O1. The van der Waals surface area contributed by atoms with Crippen molar-refractivity contribution in [3.05, 3.63) is 30.5 Å². The van der Waals surface area contributed by atoms with Crippen molar-refractivity contribution >= 4 is 9.84 Å². The van der Waals surface area contributed by atoms with E-state index < -0.39 is 21.8 Å². The summed E-state index contributed by atoms with van der Waals surface area (Å²) < 4.78 is 76.3. The largest absolute Gasteiger partial charge is 0.573 e. The number of aromatic nitrogens is 2. The van der Waals surface area contributed by atoms with Crippen molar-refractivity contribution < 1.29 is 35.8 Å². The fourth-order valence-corrected chi connectivity index (χ4v) is 3.29. The molecule has 1 unspecified atom stereocenters. The van der Waals surface area contributed by atoms with Gasteiger partial charge in [-0.1, -0.05) is 0 Å². The molecule has 26 heavy (non-hydrogen) atoms. The fraction of sp³-hybridized carbons (Fsp3) is 0.400. The van der Waals surface area contributed by atoms with Crippen LogP contribution in [0.3, 0.4) is 0 Å². The molecule has 0 aliphatic carbocycles. The predicted octanol–water partition coefficient (Wildman–Crippen LogP) is 2.42. The molecule has 0 spiro atoms. The Morgan fingerprint density at radius 3 is 2.46 bits per heavy atom. The van der Waals surface area contributed by atoms with Crippen molar-refractivity contribution in [2.45, 2.75) is 30.5 Å². The zero-order valence-corrected chi connectivity index (χ0v) is 14.6. The average molecular weight is 392 g/mol. The van der Waals surface area contributed by atoms with Crippen molar-refractivity contribution in [1.29, 1.82) is 0 Å². The normalized spacial score (nSPS) is 19.7. The Labute approximate surface area is 147 Å². The van der Waals surface area contributed by atoms with E-state index in [2.05, 4.69) is 9.72 Å². The molecule has 1 atom stereocenters. The molecule has 0 saturated carbocycles. The highest BCUT2D eigenvalue weighted by atomic mass is 32.2. The first-order valence-corrected chi connectivity index (χ1v) is 9.28. The van der Waals surface area contributed by atoms with E-state index in [-0.39, 0.29) is 29.9 Å². The number of imidazole rings is 1. The smallest absolute Gasteiger partial charge is 0.489 e. The lowest BCUT2D eigenvalue weighted by Gasteiger charge is -2.23. The number of hydrogen-bond donors (Lipinski definition) is 0. The molecule has 1 aromatic carbocycles. The van der Waals surface area contributed by atoms with Gasteiger partial charge in [0, 0.05) is 6.26 Å². The van der Waals surface area contributed by atoms with Gasteiger partial charge in [-0.3, -0.25) is 4.57 Å². The van der Waals surface area contributed by atoms with E-state index in [1.165, 1.54) is 22.9 Å². The van der Waals surface area contributed by atoms with Gasteiger partial charge in [-0.25, -0.2) is 13.4 Å². The molecular weight excluding hydrogens is 377 g/mol. The molecule has 1 aliphatic rings. The third kappa shape index (κ3) is 4.03. The van der Waals surface area contributed by atoms with Crippen LogP contribution in [0.15, 0.2) is 35.5 Å². The van der Waals surface area contributed by atoms with Gasteiger partial charge in [0.2, 0.25) is 0 Å². The Balaban J connectivity index is 1.64. The van der Waals surface area contributed by atoms with E-state index in [0.717, 1.165) is 18.4 Å². The highest BCUT2D eigenvalue weighted by Crippen LogP contribution is 2.32. The number of rotatable bonds is 5. The molecule has 0 bridgehead atoms. The molecule has 7 nitrogen and oxygen atoms in total. The molecule has 1 aliphatic heterocycles. The lowest BCUT2D eigenvalue weighted by molar-refractivity contribution is -0.274. The quantitative estimate of drug-likeness (QED) is 0.778. The standard InChI is InChI=1S/C15H15F3N2O5S/c1-14(8-20-12(26(2,21)22)7-19-13(20)25-14)9-23-10-3-5-11(6-4-10)24-15(16,17)18/h3-7H,8-9H2,1-2H3. The van der Waals surface area contributed by atoms with Crippen LogP contribution in [0.4, 0.5) is 13.2 Å². The number of ether oxygens (including phenoxy) is 3. The molecule has 0 fully saturated rings. The Bertz CT molecular complexity index is 908. The van der Waals surface area contributed by atoms with E-state index in [0.29, 0.717) is 5.75 Å². The zero-order chi connectivity index (χ0) is 19.2. The third-order valence-corrected chi connectivity index (χ3v) is 4.68. The van der Waals surface area contributed by atoms with Gasteiger partial charge in [0.1, 0.15) is 18.1 Å². The molecular formula is C15H15F3N2O5S. The van der Waals surface area contributed by atoms with Crippen LogP contribution in [-0.4, -0.2) is 42.8 Å². The number of halogens is 3. The second-order valence-electron chi connectivity index (χ2n) is 6.10. The maximum Gasteiger partial charge on any atom is 0.573 e. The van der Waals surface area contributed by atoms with Crippen molar-refractivity contribution in [2.75, 3.05) is 12.9 Å². The predicted molar refractivity (Wildman–Crippen MR) is 83.0 cm³/mol. The molecule has 0 saturated heterocycles. The van der Waals surface area contributed by atoms with Gasteiger partial charge in [0.25, 0.3) is 6.01 Å². The van der Waals surface area contributed by atoms with Gasteiger partial charge in [-0.2, -0.15) is 0 Å². The maximum absolute atomic E-state index is 12.1. The lowest BCUT2D eigenvalue weighted by Crippen LogP contribution is -2.38. The molecule has 11 heteroatoms. The maximum atomic E-state index is 12.1. The van der Waals surface area contributed by atoms with Crippen LogP contribution >= 0.6 is 0 Å². The number of hydrogen-bond acceptors (Lipinski definition) is 6. The lowest BCUT2D eigenvalue weighted by atomic mass is 10.1. The Kier molecular flexibility index (Phi) is 4.29. The van der Waals surface area contributed by atoms with E-state index >= 15 is 0 Å². The van der Waals surface area contributed by atoms with Crippen molar-refractivity contribution in [2.24, 2.45) is 0 Å². The summed E-state index contributed by atoms with van der Waals surface area (Å²) in [5.74, 6) is -0.0386. The Morgan fingerprint density at radius 2 is 1.88 bits per heavy atom. The molecule has 3 rings (SSSR count). The van der Waals surface area contributed by atoms with Gasteiger partial charge in [0.05, 0.1) is 12.7 Å². The topological polar surface area (TPSA) is 79.7 Å². The van der Waals surface area contributed by atoms with Crippen LogP contribution in [-0.2, 0) is 16.4 Å². The Morgan fingerprint density at radius 1 is 1.27 bits per heavy atom.